The van der Waals surface area contributed by atoms with Crippen molar-refractivity contribution in [1.82, 2.24) is 0 Å². The van der Waals surface area contributed by atoms with E-state index < -0.39 is 0 Å². The highest BCUT2D eigenvalue weighted by Crippen LogP contribution is 2.17. The number of hydrogen-bond acceptors (Lipinski definition) is 2. The molecule has 0 heterocycles. The van der Waals surface area contributed by atoms with E-state index in [-0.39, 0.29) is 5.91 Å². The molecule has 0 saturated carbocycles. The van der Waals surface area contributed by atoms with Crippen LogP contribution < -0.4 is 5.32 Å². The molecular weight excluding hydrogens is 316 g/mol. The SMILES string of the molecule is CCC(=O)Nc1ccc(N=Cc2ccc(Br)cc2)cc1. The van der Waals surface area contributed by atoms with Crippen LogP contribution in [0.5, 0.6) is 0 Å². The molecule has 4 heteroatoms. The quantitative estimate of drug-likeness (QED) is 0.821. The van der Waals surface area contributed by atoms with Crippen LogP contribution in [0.15, 0.2) is 58.0 Å². The maximum absolute atomic E-state index is 11.3. The van der Waals surface area contributed by atoms with Crippen LogP contribution in [0.1, 0.15) is 18.9 Å². The number of nitrogens with zero attached hydrogens (tertiary/aromatic N) is 1. The lowest BCUT2D eigenvalue weighted by Crippen LogP contribution is -2.08. The molecule has 2 aromatic carbocycles. The number of benzene rings is 2. The molecule has 2 aromatic rings. The molecule has 0 saturated heterocycles. The Morgan fingerprint density at radius 1 is 1.15 bits per heavy atom. The number of rotatable bonds is 4. The van der Waals surface area contributed by atoms with Crippen LogP contribution in [0.2, 0.25) is 0 Å². The second kappa shape index (κ2) is 7.01. The first-order valence-corrected chi connectivity index (χ1v) is 7.16. The molecule has 0 aliphatic carbocycles. The number of hydrogen-bond donors (Lipinski definition) is 1. The summed E-state index contributed by atoms with van der Waals surface area (Å²) < 4.78 is 1.05. The highest BCUT2D eigenvalue weighted by Gasteiger charge is 1.98. The van der Waals surface area contributed by atoms with Crippen molar-refractivity contribution in [1.29, 1.82) is 0 Å². The van der Waals surface area contributed by atoms with Gasteiger partial charge in [-0.1, -0.05) is 35.0 Å². The maximum atomic E-state index is 11.3. The first-order valence-electron chi connectivity index (χ1n) is 6.37. The topological polar surface area (TPSA) is 41.5 Å². The fraction of sp³-hybridized carbons (Fsp3) is 0.125. The Hall–Kier alpha value is -1.94. The molecule has 1 amide bonds. The maximum Gasteiger partial charge on any atom is 0.224 e. The molecule has 0 atom stereocenters. The Kier molecular flexibility index (Phi) is 5.07. The van der Waals surface area contributed by atoms with Gasteiger partial charge in [0.1, 0.15) is 0 Å². The predicted molar refractivity (Wildman–Crippen MR) is 86.8 cm³/mol. The van der Waals surface area contributed by atoms with Crippen LogP contribution in [0.3, 0.4) is 0 Å². The summed E-state index contributed by atoms with van der Waals surface area (Å²) >= 11 is 3.40. The summed E-state index contributed by atoms with van der Waals surface area (Å²) in [6, 6.07) is 15.4. The lowest BCUT2D eigenvalue weighted by atomic mass is 10.2. The number of amides is 1. The first-order chi connectivity index (χ1) is 9.67. The average molecular weight is 331 g/mol. The molecule has 0 radical (unpaired) electrons. The molecule has 0 unspecified atom stereocenters. The molecular formula is C16H15BrN2O. The Labute approximate surface area is 126 Å². The first kappa shape index (κ1) is 14.5. The average Bonchev–Trinajstić information content (AvgIpc) is 2.48. The number of anilines is 1. The molecule has 3 nitrogen and oxygen atoms in total. The Balaban J connectivity index is 2.03. The third kappa shape index (κ3) is 4.31. The van der Waals surface area contributed by atoms with E-state index in [0.717, 1.165) is 21.4 Å². The Bertz CT molecular complexity index is 603. The second-order valence-electron chi connectivity index (χ2n) is 4.26. The van der Waals surface area contributed by atoms with E-state index in [2.05, 4.69) is 26.2 Å². The smallest absolute Gasteiger partial charge is 0.224 e. The zero-order valence-electron chi connectivity index (χ0n) is 11.1. The van der Waals surface area contributed by atoms with Gasteiger partial charge in [0, 0.05) is 22.8 Å². The van der Waals surface area contributed by atoms with Gasteiger partial charge in [0.05, 0.1) is 5.69 Å². The highest BCUT2D eigenvalue weighted by molar-refractivity contribution is 9.10. The molecule has 0 aliphatic heterocycles. The Morgan fingerprint density at radius 2 is 1.80 bits per heavy atom. The summed E-state index contributed by atoms with van der Waals surface area (Å²) in [7, 11) is 0. The third-order valence-electron chi connectivity index (χ3n) is 2.70. The highest BCUT2D eigenvalue weighted by atomic mass is 79.9. The van der Waals surface area contributed by atoms with Gasteiger partial charge in [-0.25, -0.2) is 0 Å². The predicted octanol–water partition coefficient (Wildman–Crippen LogP) is 4.55. The van der Waals surface area contributed by atoms with E-state index in [1.54, 1.807) is 0 Å². The minimum Gasteiger partial charge on any atom is -0.326 e. The standard InChI is InChI=1S/C16H15BrN2O/c1-2-16(20)19-15-9-7-14(8-10-15)18-11-12-3-5-13(17)6-4-12/h3-11H,2H2,1H3,(H,19,20). The monoisotopic (exact) mass is 330 g/mol. The summed E-state index contributed by atoms with van der Waals surface area (Å²) in [5, 5.41) is 2.80. The minimum atomic E-state index is 0.0103. The van der Waals surface area contributed by atoms with Gasteiger partial charge >= 0.3 is 0 Å². The fourth-order valence-corrected chi connectivity index (χ4v) is 1.84. The molecule has 0 aromatic heterocycles. The van der Waals surface area contributed by atoms with Gasteiger partial charge in [0.15, 0.2) is 0 Å². The summed E-state index contributed by atoms with van der Waals surface area (Å²) in [5.74, 6) is 0.0103. The van der Waals surface area contributed by atoms with E-state index >= 15 is 0 Å². The van der Waals surface area contributed by atoms with E-state index in [1.165, 1.54) is 0 Å². The van der Waals surface area contributed by atoms with Gasteiger partial charge in [-0.05, 0) is 42.0 Å². The van der Waals surface area contributed by atoms with Crippen molar-refractivity contribution in [3.05, 3.63) is 58.6 Å². The van der Waals surface area contributed by atoms with E-state index in [9.17, 15) is 4.79 Å². The number of halogens is 1. The van der Waals surface area contributed by atoms with Crippen LogP contribution in [-0.2, 0) is 4.79 Å². The molecule has 0 fully saturated rings. The summed E-state index contributed by atoms with van der Waals surface area (Å²) in [6.07, 6.45) is 2.29. The van der Waals surface area contributed by atoms with Crippen molar-refractivity contribution in [2.75, 3.05) is 5.32 Å². The molecule has 20 heavy (non-hydrogen) atoms. The van der Waals surface area contributed by atoms with Crippen molar-refractivity contribution in [2.45, 2.75) is 13.3 Å². The summed E-state index contributed by atoms with van der Waals surface area (Å²) in [4.78, 5) is 15.7. The third-order valence-corrected chi connectivity index (χ3v) is 3.23. The van der Waals surface area contributed by atoms with Crippen molar-refractivity contribution in [3.8, 4) is 0 Å². The molecule has 2 rings (SSSR count). The van der Waals surface area contributed by atoms with E-state index in [0.29, 0.717) is 6.42 Å². The van der Waals surface area contributed by atoms with E-state index in [4.69, 9.17) is 0 Å². The van der Waals surface area contributed by atoms with Crippen molar-refractivity contribution < 1.29 is 4.79 Å². The fourth-order valence-electron chi connectivity index (χ4n) is 1.58. The number of aliphatic imine (C=N–C) groups is 1. The van der Waals surface area contributed by atoms with Gasteiger partial charge in [-0.15, -0.1) is 0 Å². The molecule has 102 valence electrons. The molecule has 0 aliphatic rings. The van der Waals surface area contributed by atoms with Gasteiger partial charge in [-0.2, -0.15) is 0 Å². The lowest BCUT2D eigenvalue weighted by Gasteiger charge is -2.03. The normalized spacial score (nSPS) is 10.7. The van der Waals surface area contributed by atoms with Gasteiger partial charge in [-0.3, -0.25) is 9.79 Å². The second-order valence-corrected chi connectivity index (χ2v) is 5.17. The molecule has 0 spiro atoms. The van der Waals surface area contributed by atoms with Crippen LogP contribution in [-0.4, -0.2) is 12.1 Å². The van der Waals surface area contributed by atoms with Gasteiger partial charge in [0.25, 0.3) is 0 Å². The largest absolute Gasteiger partial charge is 0.326 e. The number of carbonyl (C=O) groups excluding carboxylic acids is 1. The molecule has 1 N–H and O–H groups in total. The number of nitrogens with one attached hydrogen (secondary N) is 1. The zero-order valence-corrected chi connectivity index (χ0v) is 12.7. The Morgan fingerprint density at radius 3 is 2.40 bits per heavy atom. The van der Waals surface area contributed by atoms with Gasteiger partial charge in [0.2, 0.25) is 5.91 Å². The van der Waals surface area contributed by atoms with Crippen molar-refractivity contribution in [3.63, 3.8) is 0 Å². The van der Waals surface area contributed by atoms with Crippen molar-refractivity contribution in [2.24, 2.45) is 4.99 Å². The molecule has 0 bridgehead atoms. The van der Waals surface area contributed by atoms with Gasteiger partial charge < -0.3 is 5.32 Å². The number of carbonyl (C=O) groups is 1. The zero-order chi connectivity index (χ0) is 14.4. The summed E-state index contributed by atoms with van der Waals surface area (Å²) in [5.41, 5.74) is 2.68. The van der Waals surface area contributed by atoms with Crippen LogP contribution >= 0.6 is 15.9 Å². The summed E-state index contributed by atoms with van der Waals surface area (Å²) in [6.45, 7) is 1.83. The van der Waals surface area contributed by atoms with E-state index in [1.807, 2.05) is 61.7 Å². The van der Waals surface area contributed by atoms with Crippen LogP contribution in [0.25, 0.3) is 0 Å². The minimum absolute atomic E-state index is 0.0103. The van der Waals surface area contributed by atoms with Crippen LogP contribution in [0, 0.1) is 0 Å². The van der Waals surface area contributed by atoms with Crippen LogP contribution in [0.4, 0.5) is 11.4 Å². The lowest BCUT2D eigenvalue weighted by molar-refractivity contribution is -0.115. The van der Waals surface area contributed by atoms with Crippen molar-refractivity contribution >= 4 is 39.4 Å².